The van der Waals surface area contributed by atoms with Crippen molar-refractivity contribution in [1.29, 1.82) is 0 Å². The van der Waals surface area contributed by atoms with Crippen LogP contribution in [0.2, 0.25) is 0 Å². The molecule has 0 aromatic heterocycles. The number of hydrogen-bond donors (Lipinski definition) is 1. The Labute approximate surface area is 107 Å². The molecule has 17 heavy (non-hydrogen) atoms. The van der Waals surface area contributed by atoms with E-state index in [1.54, 1.807) is 0 Å². The number of carbonyl (C=O) groups excluding carboxylic acids is 1. The standard InChI is InChI=1S/C13H23NO.C2H6/c1-2-13(15)14-11-6-4-3-5-8-12-9-7-10-12;1-2/h2,12H,1,3-11H2,(H,14,15);1-2H3. The van der Waals surface area contributed by atoms with Gasteiger partial charge >= 0.3 is 0 Å². The van der Waals surface area contributed by atoms with Crippen molar-refractivity contribution in [3.63, 3.8) is 0 Å². The lowest BCUT2D eigenvalue weighted by Gasteiger charge is -2.24. The van der Waals surface area contributed by atoms with Gasteiger partial charge in [0, 0.05) is 6.54 Å². The first kappa shape index (κ1) is 16.2. The summed E-state index contributed by atoms with van der Waals surface area (Å²) in [6.07, 6.45) is 12.2. The minimum atomic E-state index is -0.0514. The Hall–Kier alpha value is -0.790. The molecule has 0 aromatic rings. The zero-order valence-electron chi connectivity index (χ0n) is 11.6. The molecule has 0 spiro atoms. The fraction of sp³-hybridized carbons (Fsp3) is 0.800. The SMILES string of the molecule is C=CC(=O)NCCCCCCC1CCC1.CC. The highest BCUT2D eigenvalue weighted by atomic mass is 16.1. The van der Waals surface area contributed by atoms with Crippen LogP contribution in [0.3, 0.4) is 0 Å². The van der Waals surface area contributed by atoms with E-state index in [2.05, 4.69) is 11.9 Å². The lowest BCUT2D eigenvalue weighted by molar-refractivity contribution is -0.116. The minimum absolute atomic E-state index is 0.0514. The molecule has 2 heteroatoms. The van der Waals surface area contributed by atoms with Gasteiger partial charge in [-0.05, 0) is 18.4 Å². The van der Waals surface area contributed by atoms with E-state index < -0.39 is 0 Å². The predicted molar refractivity (Wildman–Crippen MR) is 75.0 cm³/mol. The summed E-state index contributed by atoms with van der Waals surface area (Å²) in [5.74, 6) is 0.995. The number of hydrogen-bond acceptors (Lipinski definition) is 1. The molecule has 0 atom stereocenters. The van der Waals surface area contributed by atoms with Crippen molar-refractivity contribution in [2.45, 2.75) is 65.2 Å². The van der Waals surface area contributed by atoms with Crippen LogP contribution in [-0.4, -0.2) is 12.5 Å². The molecule has 1 fully saturated rings. The molecule has 0 unspecified atom stereocenters. The quantitative estimate of drug-likeness (QED) is 0.502. The van der Waals surface area contributed by atoms with Crippen molar-refractivity contribution in [2.24, 2.45) is 5.92 Å². The topological polar surface area (TPSA) is 29.1 Å². The van der Waals surface area contributed by atoms with Crippen molar-refractivity contribution in [1.82, 2.24) is 5.32 Å². The van der Waals surface area contributed by atoms with Gasteiger partial charge in [-0.25, -0.2) is 0 Å². The molecule has 0 aliphatic heterocycles. The largest absolute Gasteiger partial charge is 0.353 e. The Kier molecular flexibility index (Phi) is 11.1. The maximum atomic E-state index is 10.8. The molecular weight excluding hydrogens is 210 g/mol. The van der Waals surface area contributed by atoms with E-state index >= 15 is 0 Å². The van der Waals surface area contributed by atoms with E-state index in [-0.39, 0.29) is 5.91 Å². The first-order valence-corrected chi connectivity index (χ1v) is 7.23. The van der Waals surface area contributed by atoms with Crippen molar-refractivity contribution in [3.8, 4) is 0 Å². The molecule has 0 aromatic carbocycles. The highest BCUT2D eigenvalue weighted by Crippen LogP contribution is 2.30. The summed E-state index contributed by atoms with van der Waals surface area (Å²) < 4.78 is 0. The predicted octanol–water partition coefficient (Wildman–Crippen LogP) is 4.07. The lowest BCUT2D eigenvalue weighted by Crippen LogP contribution is -2.21. The monoisotopic (exact) mass is 239 g/mol. The minimum Gasteiger partial charge on any atom is -0.353 e. The van der Waals surface area contributed by atoms with Crippen LogP contribution in [0.5, 0.6) is 0 Å². The smallest absolute Gasteiger partial charge is 0.243 e. The molecule has 1 aliphatic carbocycles. The van der Waals surface area contributed by atoms with Gasteiger partial charge in [-0.3, -0.25) is 4.79 Å². The van der Waals surface area contributed by atoms with Gasteiger partial charge in [-0.1, -0.05) is 65.4 Å². The number of rotatable bonds is 8. The van der Waals surface area contributed by atoms with Crippen molar-refractivity contribution in [2.75, 3.05) is 6.54 Å². The van der Waals surface area contributed by atoms with E-state index in [1.807, 2.05) is 13.8 Å². The molecule has 1 amide bonds. The molecule has 1 rings (SSSR count). The van der Waals surface area contributed by atoms with Crippen LogP contribution in [-0.2, 0) is 4.79 Å². The molecule has 0 heterocycles. The van der Waals surface area contributed by atoms with E-state index in [1.165, 1.54) is 51.0 Å². The maximum absolute atomic E-state index is 10.8. The van der Waals surface area contributed by atoms with Gasteiger partial charge in [0.2, 0.25) is 5.91 Å². The summed E-state index contributed by atoms with van der Waals surface area (Å²) in [4.78, 5) is 10.8. The second-order valence-corrected chi connectivity index (χ2v) is 4.49. The third-order valence-electron chi connectivity index (χ3n) is 3.25. The van der Waals surface area contributed by atoms with Crippen LogP contribution in [0.1, 0.15) is 65.2 Å². The van der Waals surface area contributed by atoms with Crippen molar-refractivity contribution < 1.29 is 4.79 Å². The summed E-state index contributed by atoms with van der Waals surface area (Å²) >= 11 is 0. The molecule has 1 N–H and O–H groups in total. The van der Waals surface area contributed by atoms with E-state index in [0.717, 1.165) is 18.9 Å². The summed E-state index contributed by atoms with van der Waals surface area (Å²) in [6, 6.07) is 0. The van der Waals surface area contributed by atoms with Crippen molar-refractivity contribution >= 4 is 5.91 Å². The Bertz CT molecular complexity index is 197. The summed E-state index contributed by atoms with van der Waals surface area (Å²) in [6.45, 7) is 8.21. The first-order chi connectivity index (χ1) is 8.33. The Morgan fingerprint density at radius 3 is 2.41 bits per heavy atom. The summed E-state index contributed by atoms with van der Waals surface area (Å²) in [7, 11) is 0. The Balaban J connectivity index is 0.00000121. The first-order valence-electron chi connectivity index (χ1n) is 7.23. The normalized spacial score (nSPS) is 14.2. The molecular formula is C15H29NO. The van der Waals surface area contributed by atoms with Crippen molar-refractivity contribution in [3.05, 3.63) is 12.7 Å². The van der Waals surface area contributed by atoms with Gasteiger partial charge in [-0.2, -0.15) is 0 Å². The van der Waals surface area contributed by atoms with Gasteiger partial charge in [0.25, 0.3) is 0 Å². The molecule has 2 nitrogen and oxygen atoms in total. The van der Waals surface area contributed by atoms with E-state index in [9.17, 15) is 4.79 Å². The van der Waals surface area contributed by atoms with Gasteiger partial charge in [0.05, 0.1) is 0 Å². The van der Waals surface area contributed by atoms with Crippen LogP contribution >= 0.6 is 0 Å². The van der Waals surface area contributed by atoms with Gasteiger partial charge in [0.1, 0.15) is 0 Å². The number of amides is 1. The van der Waals surface area contributed by atoms with Crippen LogP contribution in [0.15, 0.2) is 12.7 Å². The molecule has 0 radical (unpaired) electrons. The summed E-state index contributed by atoms with van der Waals surface area (Å²) in [5.41, 5.74) is 0. The highest BCUT2D eigenvalue weighted by Gasteiger charge is 2.15. The summed E-state index contributed by atoms with van der Waals surface area (Å²) in [5, 5.41) is 2.80. The molecule has 100 valence electrons. The maximum Gasteiger partial charge on any atom is 0.243 e. The van der Waals surface area contributed by atoms with Crippen LogP contribution < -0.4 is 5.32 Å². The second kappa shape index (κ2) is 11.7. The zero-order valence-corrected chi connectivity index (χ0v) is 11.6. The average Bonchev–Trinajstić information content (AvgIpc) is 2.32. The molecule has 0 saturated heterocycles. The van der Waals surface area contributed by atoms with Gasteiger partial charge in [0.15, 0.2) is 0 Å². The van der Waals surface area contributed by atoms with Gasteiger partial charge in [-0.15, -0.1) is 0 Å². The molecule has 1 saturated carbocycles. The zero-order chi connectivity index (χ0) is 12.9. The van der Waals surface area contributed by atoms with Crippen LogP contribution in [0.4, 0.5) is 0 Å². The third kappa shape index (κ3) is 8.96. The third-order valence-corrected chi connectivity index (χ3v) is 3.25. The lowest BCUT2D eigenvalue weighted by atomic mass is 9.82. The van der Waals surface area contributed by atoms with E-state index in [4.69, 9.17) is 0 Å². The Morgan fingerprint density at radius 2 is 1.88 bits per heavy atom. The average molecular weight is 239 g/mol. The van der Waals surface area contributed by atoms with Crippen LogP contribution in [0, 0.1) is 5.92 Å². The fourth-order valence-corrected chi connectivity index (χ4v) is 1.98. The number of nitrogens with one attached hydrogen (secondary N) is 1. The molecule has 1 aliphatic rings. The fourth-order valence-electron chi connectivity index (χ4n) is 1.98. The number of unbranched alkanes of at least 4 members (excludes halogenated alkanes) is 3. The molecule has 0 bridgehead atoms. The second-order valence-electron chi connectivity index (χ2n) is 4.49. The number of carbonyl (C=O) groups is 1. The Morgan fingerprint density at radius 1 is 1.24 bits per heavy atom. The highest BCUT2D eigenvalue weighted by molar-refractivity contribution is 5.86. The van der Waals surface area contributed by atoms with Crippen LogP contribution in [0.25, 0.3) is 0 Å². The van der Waals surface area contributed by atoms with Gasteiger partial charge < -0.3 is 5.32 Å². The van der Waals surface area contributed by atoms with E-state index in [0.29, 0.717) is 0 Å².